The van der Waals surface area contributed by atoms with Crippen LogP contribution in [0.3, 0.4) is 0 Å². The molecule has 0 aliphatic heterocycles. The minimum Gasteiger partial charge on any atom is -0.375 e. The van der Waals surface area contributed by atoms with Crippen molar-refractivity contribution in [3.63, 3.8) is 0 Å². The monoisotopic (exact) mass is 438 g/mol. The molecule has 0 radical (unpaired) electrons. The van der Waals surface area contributed by atoms with Crippen LogP contribution >= 0.6 is 0 Å². The highest BCUT2D eigenvalue weighted by molar-refractivity contribution is 4.75. The first-order valence-electron chi connectivity index (χ1n) is 14.8. The summed E-state index contributed by atoms with van der Waals surface area (Å²) < 4.78 is 6.52. The lowest BCUT2D eigenvalue weighted by molar-refractivity contribution is -0.0482. The molecule has 0 aliphatic carbocycles. The molecule has 0 saturated carbocycles. The molecule has 1 atom stereocenters. The third kappa shape index (κ3) is 22.9. The van der Waals surface area contributed by atoms with E-state index in [4.69, 9.17) is 4.74 Å². The highest BCUT2D eigenvalue weighted by atomic mass is 16.5. The second kappa shape index (κ2) is 24.6. The largest absolute Gasteiger partial charge is 0.375 e. The zero-order valence-electron chi connectivity index (χ0n) is 22.6. The van der Waals surface area contributed by atoms with Gasteiger partial charge in [-0.15, -0.1) is 0 Å². The van der Waals surface area contributed by atoms with E-state index in [0.29, 0.717) is 0 Å². The average molecular weight is 439 g/mol. The summed E-state index contributed by atoms with van der Waals surface area (Å²) in [6.45, 7) is 10.3. The normalized spacial score (nSPS) is 13.5. The van der Waals surface area contributed by atoms with Gasteiger partial charge in [-0.3, -0.25) is 0 Å². The molecular weight excluding hydrogens is 376 g/mol. The minimum absolute atomic E-state index is 0.134. The number of ether oxygens (including phenoxy) is 1. The molecule has 0 aromatic heterocycles. The van der Waals surface area contributed by atoms with Crippen LogP contribution in [0.2, 0.25) is 0 Å². The fraction of sp³-hybridized carbons (Fsp3) is 1.00. The molecule has 1 unspecified atom stereocenters. The summed E-state index contributed by atoms with van der Waals surface area (Å²) >= 11 is 0. The van der Waals surface area contributed by atoms with Crippen molar-refractivity contribution in [3.05, 3.63) is 0 Å². The Balaban J connectivity index is 3.95. The van der Waals surface area contributed by atoms with Gasteiger partial charge in [-0.25, -0.2) is 0 Å². The van der Waals surface area contributed by atoms with Gasteiger partial charge in [0.15, 0.2) is 0 Å². The predicted molar refractivity (Wildman–Crippen MR) is 142 cm³/mol. The van der Waals surface area contributed by atoms with Crippen LogP contribution in [0.4, 0.5) is 0 Å². The third-order valence-corrected chi connectivity index (χ3v) is 7.07. The fourth-order valence-electron chi connectivity index (χ4n) is 4.74. The fourth-order valence-corrected chi connectivity index (χ4v) is 4.74. The Labute approximate surface area is 198 Å². The Bertz CT molecular complexity index is 326. The van der Waals surface area contributed by atoms with Crippen molar-refractivity contribution in [2.75, 3.05) is 6.61 Å². The van der Waals surface area contributed by atoms with Crippen molar-refractivity contribution >= 4 is 0 Å². The zero-order valence-corrected chi connectivity index (χ0v) is 22.6. The number of hydrogen-bond acceptors (Lipinski definition) is 1. The van der Waals surface area contributed by atoms with Crippen LogP contribution in [0.25, 0.3) is 0 Å². The van der Waals surface area contributed by atoms with Crippen LogP contribution in [0.15, 0.2) is 0 Å². The van der Waals surface area contributed by atoms with E-state index in [-0.39, 0.29) is 5.60 Å². The molecule has 0 bridgehead atoms. The lowest BCUT2D eigenvalue weighted by atomic mass is 9.91. The summed E-state index contributed by atoms with van der Waals surface area (Å²) in [4.78, 5) is 0. The highest BCUT2D eigenvalue weighted by Crippen LogP contribution is 2.27. The molecule has 0 aromatic carbocycles. The molecule has 0 heterocycles. The van der Waals surface area contributed by atoms with Gasteiger partial charge in [0.1, 0.15) is 0 Å². The van der Waals surface area contributed by atoms with Crippen molar-refractivity contribution in [3.8, 4) is 0 Å². The van der Waals surface area contributed by atoms with Crippen molar-refractivity contribution in [2.24, 2.45) is 0 Å². The maximum atomic E-state index is 6.52. The van der Waals surface area contributed by atoms with Gasteiger partial charge in [0.2, 0.25) is 0 Å². The van der Waals surface area contributed by atoms with Crippen LogP contribution in [-0.2, 0) is 4.74 Å². The molecule has 0 rings (SSSR count). The summed E-state index contributed by atoms with van der Waals surface area (Å²) in [5.74, 6) is 0. The minimum atomic E-state index is 0.134. The number of hydrogen-bond donors (Lipinski definition) is 0. The van der Waals surface area contributed by atoms with E-state index < -0.39 is 0 Å². The van der Waals surface area contributed by atoms with Crippen LogP contribution in [-0.4, -0.2) is 12.2 Å². The van der Waals surface area contributed by atoms with Gasteiger partial charge in [-0.1, -0.05) is 156 Å². The zero-order chi connectivity index (χ0) is 22.9. The SMILES string of the molecule is CCCCCCCCCCCCC(C)(CCCCCCCCCC)OCCCCCC. The lowest BCUT2D eigenvalue weighted by Gasteiger charge is -2.30. The topological polar surface area (TPSA) is 9.23 Å². The van der Waals surface area contributed by atoms with Gasteiger partial charge in [0.05, 0.1) is 5.60 Å². The molecule has 0 aromatic rings. The predicted octanol–water partition coefficient (Wildman–Crippen LogP) is 11.2. The smallest absolute Gasteiger partial charge is 0.0654 e. The first-order valence-corrected chi connectivity index (χ1v) is 14.8. The first kappa shape index (κ1) is 31.0. The van der Waals surface area contributed by atoms with Crippen molar-refractivity contribution in [1.82, 2.24) is 0 Å². The van der Waals surface area contributed by atoms with E-state index in [1.807, 2.05) is 0 Å². The molecular formula is C30H62O. The van der Waals surface area contributed by atoms with Crippen LogP contribution < -0.4 is 0 Å². The summed E-state index contributed by atoms with van der Waals surface area (Å²) in [5.41, 5.74) is 0.134. The molecule has 1 nitrogen and oxygen atoms in total. The molecule has 0 spiro atoms. The molecule has 1 heteroatoms. The molecule has 31 heavy (non-hydrogen) atoms. The Kier molecular flexibility index (Phi) is 24.6. The molecule has 0 aliphatic rings. The quantitative estimate of drug-likeness (QED) is 0.122. The second-order valence-electron chi connectivity index (χ2n) is 10.5. The molecule has 0 saturated heterocycles. The Morgan fingerprint density at radius 3 is 1.03 bits per heavy atom. The van der Waals surface area contributed by atoms with Crippen molar-refractivity contribution in [2.45, 2.75) is 187 Å². The Morgan fingerprint density at radius 2 is 0.677 bits per heavy atom. The standard InChI is InChI=1S/C30H62O/c1-5-8-11-14-16-18-19-21-23-25-28-30(4,31-29-26-13-10-7-3)27-24-22-20-17-15-12-9-6-2/h5-29H2,1-4H3. The van der Waals surface area contributed by atoms with Crippen molar-refractivity contribution in [1.29, 1.82) is 0 Å². The van der Waals surface area contributed by atoms with Crippen LogP contribution in [0.5, 0.6) is 0 Å². The van der Waals surface area contributed by atoms with E-state index in [1.165, 1.54) is 154 Å². The Hall–Kier alpha value is -0.0400. The molecule has 0 N–H and O–H groups in total. The van der Waals surface area contributed by atoms with Gasteiger partial charge >= 0.3 is 0 Å². The van der Waals surface area contributed by atoms with Gasteiger partial charge in [0, 0.05) is 6.61 Å². The number of rotatable bonds is 26. The first-order chi connectivity index (χ1) is 15.2. The van der Waals surface area contributed by atoms with E-state index in [2.05, 4.69) is 27.7 Å². The van der Waals surface area contributed by atoms with Gasteiger partial charge in [-0.05, 0) is 26.2 Å². The maximum absolute atomic E-state index is 6.52. The van der Waals surface area contributed by atoms with Gasteiger partial charge in [0.25, 0.3) is 0 Å². The maximum Gasteiger partial charge on any atom is 0.0654 e. The molecule has 188 valence electrons. The highest BCUT2D eigenvalue weighted by Gasteiger charge is 2.23. The lowest BCUT2D eigenvalue weighted by Crippen LogP contribution is -2.29. The van der Waals surface area contributed by atoms with E-state index in [1.54, 1.807) is 0 Å². The summed E-state index contributed by atoms with van der Waals surface area (Å²) in [7, 11) is 0. The average Bonchev–Trinajstić information content (AvgIpc) is 2.77. The van der Waals surface area contributed by atoms with Gasteiger partial charge in [-0.2, -0.15) is 0 Å². The van der Waals surface area contributed by atoms with Crippen LogP contribution in [0.1, 0.15) is 182 Å². The van der Waals surface area contributed by atoms with E-state index in [9.17, 15) is 0 Å². The third-order valence-electron chi connectivity index (χ3n) is 7.07. The van der Waals surface area contributed by atoms with E-state index >= 15 is 0 Å². The summed E-state index contributed by atoms with van der Waals surface area (Å²) in [5, 5.41) is 0. The van der Waals surface area contributed by atoms with Crippen molar-refractivity contribution < 1.29 is 4.74 Å². The van der Waals surface area contributed by atoms with E-state index in [0.717, 1.165) is 6.61 Å². The summed E-state index contributed by atoms with van der Waals surface area (Å²) in [6.07, 6.45) is 33.3. The Morgan fingerprint density at radius 1 is 0.387 bits per heavy atom. The van der Waals surface area contributed by atoms with Crippen LogP contribution in [0, 0.1) is 0 Å². The number of unbranched alkanes of at least 4 members (excludes halogenated alkanes) is 19. The second-order valence-corrected chi connectivity index (χ2v) is 10.5. The van der Waals surface area contributed by atoms with Gasteiger partial charge < -0.3 is 4.74 Å². The summed E-state index contributed by atoms with van der Waals surface area (Å²) in [6, 6.07) is 0. The molecule has 0 amide bonds. The molecule has 0 fully saturated rings.